The summed E-state index contributed by atoms with van der Waals surface area (Å²) in [5, 5.41) is 0.973. The quantitative estimate of drug-likeness (QED) is 0.212. The molecule has 1 aliphatic heterocycles. The van der Waals surface area contributed by atoms with Crippen LogP contribution in [0.25, 0.3) is 11.0 Å². The second-order valence-electron chi connectivity index (χ2n) is 10.1. The predicted molar refractivity (Wildman–Crippen MR) is 155 cm³/mol. The van der Waals surface area contributed by atoms with Gasteiger partial charge in [0.15, 0.2) is 16.9 Å². The molecule has 1 aliphatic rings. The third-order valence-electron chi connectivity index (χ3n) is 7.43. The molecule has 39 heavy (non-hydrogen) atoms. The van der Waals surface area contributed by atoms with Gasteiger partial charge in [-0.2, -0.15) is 0 Å². The Morgan fingerprint density at radius 1 is 0.923 bits per heavy atom. The Balaban J connectivity index is 1.70. The van der Waals surface area contributed by atoms with Crippen molar-refractivity contribution in [2.24, 2.45) is 0 Å². The lowest BCUT2D eigenvalue weighted by Gasteiger charge is -2.26. The summed E-state index contributed by atoms with van der Waals surface area (Å²) >= 11 is 6.48. The minimum atomic E-state index is -0.739. The van der Waals surface area contributed by atoms with E-state index in [4.69, 9.17) is 25.5 Å². The molecule has 1 atom stereocenters. The average molecular weight is 546 g/mol. The lowest BCUT2D eigenvalue weighted by Crippen LogP contribution is -2.29. The van der Waals surface area contributed by atoms with Gasteiger partial charge in [-0.15, -0.1) is 0 Å². The van der Waals surface area contributed by atoms with E-state index in [1.165, 1.54) is 0 Å². The fourth-order valence-corrected chi connectivity index (χ4v) is 5.22. The summed E-state index contributed by atoms with van der Waals surface area (Å²) in [4.78, 5) is 29.5. The molecule has 0 saturated heterocycles. The highest BCUT2D eigenvalue weighted by Crippen LogP contribution is 2.44. The van der Waals surface area contributed by atoms with Crippen molar-refractivity contribution < 1.29 is 18.7 Å². The largest absolute Gasteiger partial charge is 0.493 e. The van der Waals surface area contributed by atoms with Crippen molar-refractivity contribution in [3.05, 3.63) is 97.4 Å². The van der Waals surface area contributed by atoms with Crippen molar-refractivity contribution in [3.63, 3.8) is 0 Å². The smallest absolute Gasteiger partial charge is 0.295 e. The van der Waals surface area contributed by atoms with Crippen LogP contribution in [-0.2, 0) is 0 Å². The Hall–Kier alpha value is -3.77. The number of hydrogen-bond donors (Lipinski definition) is 0. The minimum Gasteiger partial charge on any atom is -0.493 e. The number of methoxy groups -OCH3 is 1. The van der Waals surface area contributed by atoms with Crippen molar-refractivity contribution >= 4 is 34.2 Å². The molecule has 4 aromatic rings. The molecule has 1 amide bonds. The molecule has 0 fully saturated rings. The number of nitrogens with zero attached hydrogens (tertiary/aromatic N) is 1. The fourth-order valence-electron chi connectivity index (χ4n) is 5.05. The zero-order valence-corrected chi connectivity index (χ0v) is 23.6. The van der Waals surface area contributed by atoms with Crippen molar-refractivity contribution in [2.45, 2.75) is 53.0 Å². The molecule has 0 spiro atoms. The van der Waals surface area contributed by atoms with Gasteiger partial charge in [0.25, 0.3) is 5.91 Å². The van der Waals surface area contributed by atoms with Crippen LogP contribution in [0.2, 0.25) is 5.02 Å². The van der Waals surface area contributed by atoms with E-state index >= 15 is 0 Å². The SMILES string of the molecule is CCCCCOc1ccc(C2c3c(oc4cc(C)c(C)cc4c3=O)C(=O)N2c2ccc(C)c(Cl)c2)cc1OC. The van der Waals surface area contributed by atoms with Crippen LogP contribution in [0.4, 0.5) is 5.69 Å². The monoisotopic (exact) mass is 545 g/mol. The van der Waals surface area contributed by atoms with Crippen molar-refractivity contribution in [3.8, 4) is 11.5 Å². The number of ether oxygens (including phenoxy) is 2. The zero-order valence-electron chi connectivity index (χ0n) is 22.9. The summed E-state index contributed by atoms with van der Waals surface area (Å²) < 4.78 is 17.8. The lowest BCUT2D eigenvalue weighted by molar-refractivity contribution is 0.0971. The summed E-state index contributed by atoms with van der Waals surface area (Å²) in [6, 6.07) is 13.9. The van der Waals surface area contributed by atoms with E-state index in [1.807, 2.05) is 63.2 Å². The van der Waals surface area contributed by atoms with Crippen molar-refractivity contribution in [2.75, 3.05) is 18.6 Å². The van der Waals surface area contributed by atoms with Crippen LogP contribution < -0.4 is 19.8 Å². The predicted octanol–water partition coefficient (Wildman–Crippen LogP) is 7.70. The highest BCUT2D eigenvalue weighted by atomic mass is 35.5. The number of anilines is 1. The first-order chi connectivity index (χ1) is 18.7. The molecule has 202 valence electrons. The van der Waals surface area contributed by atoms with Gasteiger partial charge in [0, 0.05) is 10.7 Å². The molecular weight excluding hydrogens is 514 g/mol. The molecule has 0 bridgehead atoms. The number of unbranched alkanes of at least 4 members (excludes halogenated alkanes) is 2. The molecule has 3 aromatic carbocycles. The van der Waals surface area contributed by atoms with Crippen molar-refractivity contribution in [1.29, 1.82) is 0 Å². The first-order valence-corrected chi connectivity index (χ1v) is 13.6. The molecular formula is C32H32ClNO5. The van der Waals surface area contributed by atoms with Gasteiger partial charge in [0.1, 0.15) is 5.58 Å². The molecule has 5 rings (SSSR count). The van der Waals surface area contributed by atoms with Crippen LogP contribution in [-0.4, -0.2) is 19.6 Å². The van der Waals surface area contributed by atoms with Gasteiger partial charge in [-0.3, -0.25) is 14.5 Å². The molecule has 0 radical (unpaired) electrons. The molecule has 7 heteroatoms. The number of carbonyl (C=O) groups excluding carboxylic acids is 1. The molecule has 2 heterocycles. The number of benzene rings is 3. The van der Waals surface area contributed by atoms with Crippen LogP contribution >= 0.6 is 11.6 Å². The van der Waals surface area contributed by atoms with Gasteiger partial charge in [0.2, 0.25) is 5.76 Å². The van der Waals surface area contributed by atoms with Gasteiger partial charge in [-0.25, -0.2) is 0 Å². The van der Waals surface area contributed by atoms with E-state index < -0.39 is 11.9 Å². The van der Waals surface area contributed by atoms with Gasteiger partial charge in [-0.1, -0.05) is 43.5 Å². The Kier molecular flexibility index (Phi) is 7.41. The number of rotatable bonds is 8. The normalized spacial score (nSPS) is 14.7. The Labute approximate surface area is 233 Å². The third-order valence-corrected chi connectivity index (χ3v) is 7.84. The lowest BCUT2D eigenvalue weighted by atomic mass is 9.96. The van der Waals surface area contributed by atoms with E-state index in [2.05, 4.69) is 6.92 Å². The molecule has 6 nitrogen and oxygen atoms in total. The van der Waals surface area contributed by atoms with Gasteiger partial charge < -0.3 is 13.9 Å². The highest BCUT2D eigenvalue weighted by molar-refractivity contribution is 6.31. The maximum Gasteiger partial charge on any atom is 0.295 e. The fraction of sp³-hybridized carbons (Fsp3) is 0.312. The minimum absolute atomic E-state index is 0.0382. The number of carbonyl (C=O) groups is 1. The van der Waals surface area contributed by atoms with Crippen LogP contribution in [0.1, 0.15) is 70.6 Å². The third kappa shape index (κ3) is 4.78. The number of aryl methyl sites for hydroxylation is 3. The van der Waals surface area contributed by atoms with E-state index in [0.29, 0.717) is 50.9 Å². The molecule has 1 unspecified atom stereocenters. The Morgan fingerprint density at radius 2 is 1.69 bits per heavy atom. The number of hydrogen-bond acceptors (Lipinski definition) is 5. The highest BCUT2D eigenvalue weighted by Gasteiger charge is 2.44. The Morgan fingerprint density at radius 3 is 2.41 bits per heavy atom. The summed E-state index contributed by atoms with van der Waals surface area (Å²) in [6.45, 7) is 8.53. The van der Waals surface area contributed by atoms with Crippen LogP contribution in [0.15, 0.2) is 57.7 Å². The summed E-state index contributed by atoms with van der Waals surface area (Å²) in [7, 11) is 1.58. The van der Waals surface area contributed by atoms with E-state index in [0.717, 1.165) is 36.0 Å². The van der Waals surface area contributed by atoms with E-state index in [9.17, 15) is 9.59 Å². The second kappa shape index (κ2) is 10.8. The molecule has 0 saturated carbocycles. The number of halogens is 1. The van der Waals surface area contributed by atoms with Crippen LogP contribution in [0.3, 0.4) is 0 Å². The van der Waals surface area contributed by atoms with Crippen molar-refractivity contribution in [1.82, 2.24) is 0 Å². The van der Waals surface area contributed by atoms with Crippen LogP contribution in [0.5, 0.6) is 11.5 Å². The standard InChI is InChI=1S/C32H32ClNO5/c1-6-7-8-13-38-25-12-10-21(16-27(25)37-5)29-28-30(35)23-14-19(3)20(4)15-26(23)39-31(28)32(36)34(29)22-11-9-18(2)24(33)17-22/h9-12,14-17,29H,6-8,13H2,1-5H3. The number of fused-ring (bicyclic) bond motifs is 2. The van der Waals surface area contributed by atoms with Gasteiger partial charge >= 0.3 is 0 Å². The number of amides is 1. The van der Waals surface area contributed by atoms with E-state index in [1.54, 1.807) is 18.1 Å². The van der Waals surface area contributed by atoms with Gasteiger partial charge in [-0.05, 0) is 85.8 Å². The molecule has 1 aromatic heterocycles. The average Bonchev–Trinajstić information content (AvgIpc) is 3.21. The molecule has 0 N–H and O–H groups in total. The molecule has 0 aliphatic carbocycles. The maximum atomic E-state index is 14.0. The first-order valence-electron chi connectivity index (χ1n) is 13.2. The summed E-state index contributed by atoms with van der Waals surface area (Å²) in [5.41, 5.74) is 4.58. The van der Waals surface area contributed by atoms with E-state index in [-0.39, 0.29) is 11.2 Å². The first kappa shape index (κ1) is 26.8. The van der Waals surface area contributed by atoms with Crippen LogP contribution in [0, 0.1) is 20.8 Å². The second-order valence-corrected chi connectivity index (χ2v) is 10.5. The summed E-state index contributed by atoms with van der Waals surface area (Å²) in [5.74, 6) is 0.786. The maximum absolute atomic E-state index is 14.0. The zero-order chi connectivity index (χ0) is 27.8. The summed E-state index contributed by atoms with van der Waals surface area (Å²) in [6.07, 6.45) is 3.13. The Bertz CT molecular complexity index is 1640. The van der Waals surface area contributed by atoms with Gasteiger partial charge in [0.05, 0.1) is 30.7 Å². The topological polar surface area (TPSA) is 69.0 Å².